The number of benzene rings is 1. The number of para-hydroxylation sites is 1. The summed E-state index contributed by atoms with van der Waals surface area (Å²) in [7, 11) is 0. The van der Waals surface area contributed by atoms with Crippen molar-refractivity contribution >= 4 is 16.8 Å². The van der Waals surface area contributed by atoms with E-state index in [-0.39, 0.29) is 11.8 Å². The fourth-order valence-electron chi connectivity index (χ4n) is 2.98. The van der Waals surface area contributed by atoms with Crippen molar-refractivity contribution in [1.29, 1.82) is 0 Å². The van der Waals surface area contributed by atoms with Gasteiger partial charge in [0.05, 0.1) is 11.7 Å². The summed E-state index contributed by atoms with van der Waals surface area (Å²) in [6.45, 7) is 1.59. The summed E-state index contributed by atoms with van der Waals surface area (Å²) in [4.78, 5) is 11.9. The number of aryl methyl sites for hydroxylation is 1. The average Bonchev–Trinajstić information content (AvgIpc) is 3.13. The number of aromatic nitrogens is 2. The number of nitrogens with zero attached hydrogens (tertiary/aromatic N) is 2. The minimum absolute atomic E-state index is 0.243. The number of hydrogen-bond acceptors (Lipinski definition) is 2. The highest BCUT2D eigenvalue weighted by Crippen LogP contribution is 2.24. The number of fused-ring (bicyclic) bond motifs is 1. The maximum Gasteiger partial charge on any atom is 0.223 e. The highest BCUT2D eigenvalue weighted by atomic mass is 16.1. The highest BCUT2D eigenvalue weighted by Gasteiger charge is 2.21. The Hall–Kier alpha value is -1.84. The van der Waals surface area contributed by atoms with E-state index in [9.17, 15) is 4.79 Å². The van der Waals surface area contributed by atoms with Gasteiger partial charge in [-0.1, -0.05) is 31.0 Å². The fraction of sp³-hybridized carbons (Fsp3) is 0.500. The molecule has 20 heavy (non-hydrogen) atoms. The third kappa shape index (κ3) is 2.84. The van der Waals surface area contributed by atoms with Crippen LogP contribution in [0.4, 0.5) is 0 Å². The lowest BCUT2D eigenvalue weighted by Gasteiger charge is -2.10. The van der Waals surface area contributed by atoms with Crippen molar-refractivity contribution in [2.45, 2.75) is 38.6 Å². The summed E-state index contributed by atoms with van der Waals surface area (Å²) in [6, 6.07) is 8.21. The molecule has 3 rings (SSSR count). The number of nitrogens with one attached hydrogen (secondary N) is 1. The molecule has 4 nitrogen and oxygen atoms in total. The second kappa shape index (κ2) is 6.07. The molecule has 0 radical (unpaired) electrons. The van der Waals surface area contributed by atoms with Gasteiger partial charge in [0, 0.05) is 24.4 Å². The largest absolute Gasteiger partial charge is 0.356 e. The lowest BCUT2D eigenvalue weighted by molar-refractivity contribution is -0.124. The quantitative estimate of drug-likeness (QED) is 0.850. The van der Waals surface area contributed by atoms with E-state index in [2.05, 4.69) is 22.5 Å². The van der Waals surface area contributed by atoms with Crippen LogP contribution in [0.5, 0.6) is 0 Å². The molecule has 1 aromatic carbocycles. The molecule has 0 saturated heterocycles. The number of carbonyl (C=O) groups excluding carboxylic acids is 1. The van der Waals surface area contributed by atoms with Crippen LogP contribution in [0.1, 0.15) is 32.1 Å². The zero-order chi connectivity index (χ0) is 13.8. The smallest absolute Gasteiger partial charge is 0.223 e. The molecule has 0 spiro atoms. The molecule has 1 amide bonds. The van der Waals surface area contributed by atoms with E-state index >= 15 is 0 Å². The van der Waals surface area contributed by atoms with Gasteiger partial charge in [-0.25, -0.2) is 0 Å². The summed E-state index contributed by atoms with van der Waals surface area (Å²) >= 11 is 0. The number of amides is 1. The Bertz CT molecular complexity index is 584. The van der Waals surface area contributed by atoms with E-state index in [1.807, 2.05) is 23.0 Å². The van der Waals surface area contributed by atoms with Gasteiger partial charge in [-0.15, -0.1) is 0 Å². The zero-order valence-electron chi connectivity index (χ0n) is 11.7. The first-order valence-corrected chi connectivity index (χ1v) is 7.53. The summed E-state index contributed by atoms with van der Waals surface area (Å²) in [5.74, 6) is 0.508. The standard InChI is InChI=1S/C16H21N3O/c20-16(13-6-1-2-7-13)17-10-5-11-19-15-9-4-3-8-14(15)12-18-19/h3-4,8-9,12-13H,1-2,5-7,10-11H2,(H,17,20). The van der Waals surface area contributed by atoms with Crippen LogP contribution < -0.4 is 5.32 Å². The van der Waals surface area contributed by atoms with E-state index in [4.69, 9.17) is 0 Å². The lowest BCUT2D eigenvalue weighted by Crippen LogP contribution is -2.30. The zero-order valence-corrected chi connectivity index (χ0v) is 11.7. The molecule has 0 bridgehead atoms. The van der Waals surface area contributed by atoms with Crippen molar-refractivity contribution < 1.29 is 4.79 Å². The molecule has 0 atom stereocenters. The Morgan fingerprint density at radius 2 is 2.10 bits per heavy atom. The van der Waals surface area contributed by atoms with Crippen LogP contribution in [0.15, 0.2) is 30.5 Å². The van der Waals surface area contributed by atoms with Gasteiger partial charge in [-0.2, -0.15) is 5.10 Å². The summed E-state index contributed by atoms with van der Waals surface area (Å²) in [5, 5.41) is 8.62. The minimum atomic E-state index is 0.243. The van der Waals surface area contributed by atoms with Crippen molar-refractivity contribution in [3.8, 4) is 0 Å². The highest BCUT2D eigenvalue weighted by molar-refractivity contribution is 5.79. The second-order valence-corrected chi connectivity index (χ2v) is 5.55. The predicted octanol–water partition coefficient (Wildman–Crippen LogP) is 2.73. The molecule has 1 aliphatic rings. The Morgan fingerprint density at radius 3 is 2.95 bits per heavy atom. The van der Waals surface area contributed by atoms with Crippen LogP contribution >= 0.6 is 0 Å². The maximum absolute atomic E-state index is 11.9. The van der Waals surface area contributed by atoms with Crippen molar-refractivity contribution in [2.24, 2.45) is 5.92 Å². The average molecular weight is 271 g/mol. The monoisotopic (exact) mass is 271 g/mol. The first kappa shape index (κ1) is 13.2. The molecular weight excluding hydrogens is 250 g/mol. The normalized spacial score (nSPS) is 15.8. The van der Waals surface area contributed by atoms with Gasteiger partial charge in [0.15, 0.2) is 0 Å². The van der Waals surface area contributed by atoms with E-state index in [1.54, 1.807) is 0 Å². The first-order valence-electron chi connectivity index (χ1n) is 7.53. The number of carbonyl (C=O) groups is 1. The van der Waals surface area contributed by atoms with E-state index in [1.165, 1.54) is 18.2 Å². The molecule has 1 heterocycles. The van der Waals surface area contributed by atoms with Crippen LogP contribution in [0, 0.1) is 5.92 Å². The van der Waals surface area contributed by atoms with E-state index in [0.29, 0.717) is 0 Å². The Balaban J connectivity index is 1.47. The van der Waals surface area contributed by atoms with Gasteiger partial charge in [0.25, 0.3) is 0 Å². The molecule has 1 fully saturated rings. The number of hydrogen-bond donors (Lipinski definition) is 1. The van der Waals surface area contributed by atoms with Gasteiger partial charge >= 0.3 is 0 Å². The molecular formula is C16H21N3O. The summed E-state index contributed by atoms with van der Waals surface area (Å²) < 4.78 is 2.01. The third-order valence-corrected chi connectivity index (χ3v) is 4.12. The summed E-state index contributed by atoms with van der Waals surface area (Å²) in [5.41, 5.74) is 1.16. The van der Waals surface area contributed by atoms with Gasteiger partial charge in [0.2, 0.25) is 5.91 Å². The molecule has 0 unspecified atom stereocenters. The van der Waals surface area contributed by atoms with Crippen LogP contribution in [0.25, 0.3) is 10.9 Å². The lowest BCUT2D eigenvalue weighted by atomic mass is 10.1. The molecule has 1 aliphatic carbocycles. The molecule has 1 aromatic heterocycles. The molecule has 1 N–H and O–H groups in total. The minimum Gasteiger partial charge on any atom is -0.356 e. The van der Waals surface area contributed by atoms with Crippen molar-refractivity contribution in [1.82, 2.24) is 15.1 Å². The van der Waals surface area contributed by atoms with Crippen LogP contribution in [0.3, 0.4) is 0 Å². The van der Waals surface area contributed by atoms with Gasteiger partial charge < -0.3 is 5.32 Å². The number of rotatable bonds is 5. The van der Waals surface area contributed by atoms with Crippen molar-refractivity contribution in [2.75, 3.05) is 6.54 Å². The fourth-order valence-corrected chi connectivity index (χ4v) is 2.98. The van der Waals surface area contributed by atoms with Gasteiger partial charge in [-0.3, -0.25) is 9.48 Å². The van der Waals surface area contributed by atoms with E-state index < -0.39 is 0 Å². The van der Waals surface area contributed by atoms with Crippen molar-refractivity contribution in [3.63, 3.8) is 0 Å². The SMILES string of the molecule is O=C(NCCCn1ncc2ccccc21)C1CCCC1. The molecule has 0 aliphatic heterocycles. The molecule has 106 valence electrons. The molecule has 1 saturated carbocycles. The third-order valence-electron chi connectivity index (χ3n) is 4.12. The molecule has 2 aromatic rings. The Morgan fingerprint density at radius 1 is 1.30 bits per heavy atom. The summed E-state index contributed by atoms with van der Waals surface area (Å²) in [6.07, 6.45) is 7.36. The maximum atomic E-state index is 11.9. The van der Waals surface area contributed by atoms with Crippen LogP contribution in [0.2, 0.25) is 0 Å². The van der Waals surface area contributed by atoms with Gasteiger partial charge in [0.1, 0.15) is 0 Å². The topological polar surface area (TPSA) is 46.9 Å². The predicted molar refractivity (Wildman–Crippen MR) is 79.3 cm³/mol. The van der Waals surface area contributed by atoms with E-state index in [0.717, 1.165) is 37.9 Å². The second-order valence-electron chi connectivity index (χ2n) is 5.55. The van der Waals surface area contributed by atoms with Crippen molar-refractivity contribution in [3.05, 3.63) is 30.5 Å². The Kier molecular flexibility index (Phi) is 4.00. The Labute approximate surface area is 119 Å². The van der Waals surface area contributed by atoms with Gasteiger partial charge in [-0.05, 0) is 25.3 Å². The van der Waals surface area contributed by atoms with Crippen LogP contribution in [-0.4, -0.2) is 22.2 Å². The van der Waals surface area contributed by atoms with Crippen LogP contribution in [-0.2, 0) is 11.3 Å². The first-order chi connectivity index (χ1) is 9.84. The molecule has 4 heteroatoms.